The fourth-order valence-electron chi connectivity index (χ4n) is 5.64. The van der Waals surface area contributed by atoms with Gasteiger partial charge in [-0.2, -0.15) is 4.98 Å². The number of anilines is 2. The Morgan fingerprint density at radius 3 is 2.59 bits per heavy atom. The van der Waals surface area contributed by atoms with E-state index in [4.69, 9.17) is 21.1 Å². The van der Waals surface area contributed by atoms with Gasteiger partial charge in [-0.05, 0) is 64.4 Å². The number of halogens is 1. The summed E-state index contributed by atoms with van der Waals surface area (Å²) in [4.78, 5) is 62.1. The van der Waals surface area contributed by atoms with Gasteiger partial charge in [0, 0.05) is 48.0 Å². The Balaban J connectivity index is 1.37. The molecule has 5 aromatic rings. The Hall–Kier alpha value is -4.91. The van der Waals surface area contributed by atoms with E-state index in [9.17, 15) is 19.2 Å². The zero-order chi connectivity index (χ0) is 33.1. The number of aryl methyl sites for hydroxylation is 2. The first-order valence-electron chi connectivity index (χ1n) is 14.9. The van der Waals surface area contributed by atoms with Gasteiger partial charge in [-0.1, -0.05) is 17.7 Å². The van der Waals surface area contributed by atoms with Crippen LogP contribution in [0.4, 0.5) is 16.4 Å². The highest BCUT2D eigenvalue weighted by Crippen LogP contribution is 2.47. The molecule has 1 aliphatic rings. The number of benzene rings is 1. The Labute approximate surface area is 268 Å². The molecule has 0 saturated heterocycles. The molecule has 13 nitrogen and oxygen atoms in total. The number of pyridine rings is 1. The molecule has 1 fully saturated rings. The third-order valence-electron chi connectivity index (χ3n) is 7.92. The molecule has 2 atom stereocenters. The highest BCUT2D eigenvalue weighted by molar-refractivity contribution is 6.35. The van der Waals surface area contributed by atoms with Gasteiger partial charge < -0.3 is 19.4 Å². The van der Waals surface area contributed by atoms with Crippen LogP contribution in [0.25, 0.3) is 22.1 Å². The molecule has 0 unspecified atom stereocenters. The average molecular weight is 648 g/mol. The standard InChI is InChI=1S/C32H34ClN7O6/c1-7-45-28(42)20-15-19(20)23-13-17(11-12-34-23)35-29-36-26-25(37(29)5)27(41)39(30(43)38(26)6)16-18-14-21-22(33)9-8-10-24(21)40(18)31(44)46-32(2,3)4/h8-14,19-20H,7,15-16H2,1-6H3,(H,34,35,36)/t19-,20+/m1/s1. The molecule has 6 rings (SSSR count). The molecule has 1 aliphatic carbocycles. The molecular weight excluding hydrogens is 614 g/mol. The average Bonchev–Trinajstić information content (AvgIpc) is 3.61. The molecule has 14 heteroatoms. The summed E-state index contributed by atoms with van der Waals surface area (Å²) in [5, 5.41) is 4.22. The first kappa shape index (κ1) is 31.1. The second-order valence-electron chi connectivity index (χ2n) is 12.3. The number of carbonyl (C=O) groups excluding carboxylic acids is 2. The summed E-state index contributed by atoms with van der Waals surface area (Å²) in [7, 11) is 3.20. The number of hydrogen-bond donors (Lipinski definition) is 1. The first-order valence-corrected chi connectivity index (χ1v) is 15.2. The van der Waals surface area contributed by atoms with Crippen LogP contribution in [0.1, 0.15) is 51.4 Å². The third kappa shape index (κ3) is 5.55. The number of hydrogen-bond acceptors (Lipinski definition) is 9. The van der Waals surface area contributed by atoms with E-state index in [-0.39, 0.29) is 35.5 Å². The van der Waals surface area contributed by atoms with Crippen molar-refractivity contribution in [2.24, 2.45) is 20.0 Å². The van der Waals surface area contributed by atoms with Crippen LogP contribution < -0.4 is 16.6 Å². The lowest BCUT2D eigenvalue weighted by Gasteiger charge is -2.21. The monoisotopic (exact) mass is 647 g/mol. The van der Waals surface area contributed by atoms with Crippen LogP contribution in [0.5, 0.6) is 0 Å². The maximum absolute atomic E-state index is 13.9. The summed E-state index contributed by atoms with van der Waals surface area (Å²) in [6.45, 7) is 7.14. The summed E-state index contributed by atoms with van der Waals surface area (Å²) in [5.41, 5.74) is 0.627. The Bertz CT molecular complexity index is 2150. The van der Waals surface area contributed by atoms with Crippen molar-refractivity contribution in [1.82, 2.24) is 28.2 Å². The number of aromatic nitrogens is 6. The van der Waals surface area contributed by atoms with Crippen LogP contribution in [0.3, 0.4) is 0 Å². The molecule has 240 valence electrons. The predicted octanol–water partition coefficient (Wildman–Crippen LogP) is 4.68. The van der Waals surface area contributed by atoms with Gasteiger partial charge in [0.2, 0.25) is 5.95 Å². The largest absolute Gasteiger partial charge is 0.466 e. The van der Waals surface area contributed by atoms with Crippen molar-refractivity contribution in [2.45, 2.75) is 52.2 Å². The van der Waals surface area contributed by atoms with Crippen LogP contribution in [-0.2, 0) is 34.9 Å². The van der Waals surface area contributed by atoms with Crippen molar-refractivity contribution in [3.05, 3.63) is 79.8 Å². The highest BCUT2D eigenvalue weighted by atomic mass is 35.5. The number of ether oxygens (including phenoxy) is 2. The summed E-state index contributed by atoms with van der Waals surface area (Å²) < 4.78 is 16.1. The zero-order valence-corrected chi connectivity index (χ0v) is 27.1. The van der Waals surface area contributed by atoms with Crippen LogP contribution >= 0.6 is 11.6 Å². The molecule has 46 heavy (non-hydrogen) atoms. The van der Waals surface area contributed by atoms with E-state index >= 15 is 0 Å². The van der Waals surface area contributed by atoms with Gasteiger partial charge in [0.15, 0.2) is 11.2 Å². The second-order valence-corrected chi connectivity index (χ2v) is 12.7. The van der Waals surface area contributed by atoms with Crippen molar-refractivity contribution in [3.63, 3.8) is 0 Å². The van der Waals surface area contributed by atoms with Crippen LogP contribution in [-0.4, -0.2) is 52.5 Å². The molecule has 1 aromatic carbocycles. The van der Waals surface area contributed by atoms with E-state index in [0.29, 0.717) is 46.3 Å². The topological polar surface area (TPSA) is 144 Å². The summed E-state index contributed by atoms with van der Waals surface area (Å²) in [6, 6.07) is 10.4. The smallest absolute Gasteiger partial charge is 0.419 e. The second kappa shape index (κ2) is 11.5. The van der Waals surface area contributed by atoms with E-state index in [1.54, 1.807) is 75.8 Å². The summed E-state index contributed by atoms with van der Waals surface area (Å²) >= 11 is 6.46. The zero-order valence-electron chi connectivity index (χ0n) is 26.3. The van der Waals surface area contributed by atoms with Gasteiger partial charge in [-0.3, -0.25) is 23.7 Å². The Kier molecular flexibility index (Phi) is 7.75. The summed E-state index contributed by atoms with van der Waals surface area (Å²) in [5.74, 6) is -0.143. The molecular formula is C32H34ClN7O6. The van der Waals surface area contributed by atoms with E-state index in [1.165, 1.54) is 16.2 Å². The fourth-order valence-corrected chi connectivity index (χ4v) is 5.86. The lowest BCUT2D eigenvalue weighted by atomic mass is 10.2. The number of nitrogens with one attached hydrogen (secondary N) is 1. The normalized spacial score (nSPS) is 16.2. The maximum atomic E-state index is 13.9. The first-order chi connectivity index (χ1) is 21.8. The molecule has 0 spiro atoms. The molecule has 0 bridgehead atoms. The molecule has 1 N–H and O–H groups in total. The SMILES string of the molecule is CCOC(=O)[C@H]1C[C@H]1c1cc(Nc2nc3c(c(=O)n(Cc4cc5c(Cl)cccc5n4C(=O)OC(C)(C)C)c(=O)n3C)n2C)ccn1. The van der Waals surface area contributed by atoms with Gasteiger partial charge >= 0.3 is 17.8 Å². The number of rotatable bonds is 7. The Morgan fingerprint density at radius 1 is 1.11 bits per heavy atom. The van der Waals surface area contributed by atoms with Crippen molar-refractivity contribution >= 4 is 57.4 Å². The van der Waals surface area contributed by atoms with Gasteiger partial charge in [-0.15, -0.1) is 0 Å². The van der Waals surface area contributed by atoms with E-state index in [2.05, 4.69) is 15.3 Å². The van der Waals surface area contributed by atoms with Gasteiger partial charge in [0.25, 0.3) is 5.56 Å². The molecule has 0 radical (unpaired) electrons. The quantitative estimate of drug-likeness (QED) is 0.249. The van der Waals surface area contributed by atoms with Crippen molar-refractivity contribution < 1.29 is 19.1 Å². The van der Waals surface area contributed by atoms with Gasteiger partial charge in [0.1, 0.15) is 5.60 Å². The lowest BCUT2D eigenvalue weighted by molar-refractivity contribution is -0.144. The van der Waals surface area contributed by atoms with Crippen LogP contribution in [0.15, 0.2) is 52.2 Å². The van der Waals surface area contributed by atoms with Crippen molar-refractivity contribution in [1.29, 1.82) is 0 Å². The minimum Gasteiger partial charge on any atom is -0.466 e. The number of carbonyl (C=O) groups is 2. The minimum absolute atomic E-state index is 0.0274. The van der Waals surface area contributed by atoms with Crippen molar-refractivity contribution in [2.75, 3.05) is 11.9 Å². The maximum Gasteiger partial charge on any atom is 0.419 e. The molecule has 0 amide bonds. The minimum atomic E-state index is -0.787. The highest BCUT2D eigenvalue weighted by Gasteiger charge is 2.46. The summed E-state index contributed by atoms with van der Waals surface area (Å²) in [6.07, 6.45) is 1.65. The molecule has 4 heterocycles. The van der Waals surface area contributed by atoms with Crippen molar-refractivity contribution in [3.8, 4) is 0 Å². The molecule has 4 aromatic heterocycles. The molecule has 0 aliphatic heterocycles. The molecule has 1 saturated carbocycles. The van der Waals surface area contributed by atoms with Gasteiger partial charge in [-0.25, -0.2) is 14.2 Å². The Morgan fingerprint density at radius 2 is 1.87 bits per heavy atom. The van der Waals surface area contributed by atoms with E-state index < -0.39 is 22.9 Å². The third-order valence-corrected chi connectivity index (χ3v) is 8.25. The van der Waals surface area contributed by atoms with Crippen LogP contribution in [0.2, 0.25) is 5.02 Å². The fraction of sp³-hybridized carbons (Fsp3) is 0.375. The van der Waals surface area contributed by atoms with Gasteiger partial charge in [0.05, 0.1) is 30.3 Å². The number of esters is 1. The lowest BCUT2D eigenvalue weighted by Crippen LogP contribution is -2.40. The van der Waals surface area contributed by atoms with Crippen LogP contribution in [0, 0.1) is 5.92 Å². The number of nitrogens with zero attached hydrogens (tertiary/aromatic N) is 6. The predicted molar refractivity (Wildman–Crippen MR) is 173 cm³/mol. The van der Waals surface area contributed by atoms with E-state index in [0.717, 1.165) is 10.3 Å². The number of fused-ring (bicyclic) bond motifs is 2. The van der Waals surface area contributed by atoms with E-state index in [1.807, 2.05) is 6.07 Å². The number of imidazole rings is 1.